The van der Waals surface area contributed by atoms with Crippen molar-refractivity contribution < 1.29 is 9.21 Å². The fraction of sp³-hybridized carbons (Fsp3) is 0.0667. The zero-order valence-corrected chi connectivity index (χ0v) is 11.1. The minimum Gasteiger partial charge on any atom is -0.430 e. The second kappa shape index (κ2) is 6.60. The Morgan fingerprint density at radius 2 is 2.05 bits per heavy atom. The minimum atomic E-state index is -0.500. The number of carbonyl (C=O) groups is 1. The number of hydrogen-bond acceptors (Lipinski definition) is 3. The Bertz CT molecular complexity index is 720. The summed E-state index contributed by atoms with van der Waals surface area (Å²) in [6.07, 6.45) is 1.11. The largest absolute Gasteiger partial charge is 0.430 e. The molecule has 0 atom stereocenters. The van der Waals surface area contributed by atoms with Crippen molar-refractivity contribution in [3.05, 3.63) is 69.2 Å². The molecule has 0 radical (unpaired) electrons. The topological polar surface area (TPSA) is 59.3 Å². The highest BCUT2D eigenvalue weighted by Crippen LogP contribution is 2.12. The van der Waals surface area contributed by atoms with Crippen molar-refractivity contribution in [3.63, 3.8) is 0 Å². The summed E-state index contributed by atoms with van der Waals surface area (Å²) < 4.78 is 4.60. The molecule has 0 aliphatic heterocycles. The predicted octanol–water partition coefficient (Wildman–Crippen LogP) is 2.07. The zero-order chi connectivity index (χ0) is 14.4. The van der Waals surface area contributed by atoms with E-state index in [1.807, 2.05) is 12.1 Å². The molecule has 1 heterocycles. The van der Waals surface area contributed by atoms with Gasteiger partial charge in [0.15, 0.2) is 0 Å². The fourth-order valence-corrected chi connectivity index (χ4v) is 1.60. The van der Waals surface area contributed by atoms with Gasteiger partial charge in [-0.05, 0) is 18.2 Å². The normalized spacial score (nSPS) is 9.45. The van der Waals surface area contributed by atoms with E-state index in [4.69, 9.17) is 11.6 Å². The maximum Gasteiger partial charge on any atom is 0.335 e. The molecule has 2 aromatic rings. The quantitative estimate of drug-likeness (QED) is 0.860. The first-order chi connectivity index (χ1) is 9.66. The molecule has 20 heavy (non-hydrogen) atoms. The summed E-state index contributed by atoms with van der Waals surface area (Å²) in [6, 6.07) is 9.77. The van der Waals surface area contributed by atoms with E-state index >= 15 is 0 Å². The van der Waals surface area contributed by atoms with E-state index in [1.54, 1.807) is 12.1 Å². The van der Waals surface area contributed by atoms with Crippen molar-refractivity contribution in [2.75, 3.05) is 6.54 Å². The lowest BCUT2D eigenvalue weighted by molar-refractivity contribution is 0.0956. The van der Waals surface area contributed by atoms with Crippen LogP contribution in [0.3, 0.4) is 0 Å². The van der Waals surface area contributed by atoms with E-state index in [0.29, 0.717) is 10.6 Å². The van der Waals surface area contributed by atoms with Crippen LogP contribution in [-0.2, 0) is 0 Å². The summed E-state index contributed by atoms with van der Waals surface area (Å²) in [6.45, 7) is 0.170. The van der Waals surface area contributed by atoms with Gasteiger partial charge in [0.1, 0.15) is 6.26 Å². The monoisotopic (exact) mass is 287 g/mol. The van der Waals surface area contributed by atoms with Gasteiger partial charge in [-0.3, -0.25) is 4.79 Å². The van der Waals surface area contributed by atoms with Gasteiger partial charge in [-0.1, -0.05) is 35.6 Å². The van der Waals surface area contributed by atoms with E-state index in [2.05, 4.69) is 21.6 Å². The van der Waals surface area contributed by atoms with Crippen LogP contribution in [0.1, 0.15) is 15.9 Å². The SMILES string of the molecule is O=C(NCC#Cc1ccccc1Cl)c1ccc(=O)oc1. The first-order valence-corrected chi connectivity index (χ1v) is 6.15. The van der Waals surface area contributed by atoms with E-state index in [-0.39, 0.29) is 18.0 Å². The molecule has 1 aromatic carbocycles. The predicted molar refractivity (Wildman–Crippen MR) is 75.6 cm³/mol. The van der Waals surface area contributed by atoms with Crippen molar-refractivity contribution in [2.24, 2.45) is 0 Å². The van der Waals surface area contributed by atoms with Crippen LogP contribution in [0, 0.1) is 11.8 Å². The van der Waals surface area contributed by atoms with E-state index < -0.39 is 5.63 Å². The summed E-state index contributed by atoms with van der Waals surface area (Å²) in [5.74, 6) is 5.30. The highest BCUT2D eigenvalue weighted by atomic mass is 35.5. The number of nitrogens with one attached hydrogen (secondary N) is 1. The molecular formula is C15H10ClNO3. The van der Waals surface area contributed by atoms with E-state index in [0.717, 1.165) is 6.26 Å². The van der Waals surface area contributed by atoms with Crippen LogP contribution in [-0.4, -0.2) is 12.5 Å². The molecule has 0 bridgehead atoms. The molecule has 0 saturated carbocycles. The Kier molecular flexibility index (Phi) is 4.59. The Morgan fingerprint density at radius 3 is 2.75 bits per heavy atom. The smallest absolute Gasteiger partial charge is 0.335 e. The lowest BCUT2D eigenvalue weighted by Crippen LogP contribution is -2.23. The third kappa shape index (κ3) is 3.74. The van der Waals surface area contributed by atoms with Gasteiger partial charge in [0.25, 0.3) is 5.91 Å². The lowest BCUT2D eigenvalue weighted by atomic mass is 10.2. The zero-order valence-electron chi connectivity index (χ0n) is 10.4. The van der Waals surface area contributed by atoms with Gasteiger partial charge < -0.3 is 9.73 Å². The molecular weight excluding hydrogens is 278 g/mol. The molecule has 0 fully saturated rings. The molecule has 2 rings (SSSR count). The van der Waals surface area contributed by atoms with Gasteiger partial charge in [-0.2, -0.15) is 0 Å². The summed E-state index contributed by atoms with van der Waals surface area (Å²) in [7, 11) is 0. The number of halogens is 1. The molecule has 1 amide bonds. The number of amides is 1. The van der Waals surface area contributed by atoms with Crippen LogP contribution >= 0.6 is 11.6 Å². The van der Waals surface area contributed by atoms with Crippen LogP contribution in [0.4, 0.5) is 0 Å². The molecule has 1 aromatic heterocycles. The lowest BCUT2D eigenvalue weighted by Gasteiger charge is -1.99. The van der Waals surface area contributed by atoms with Gasteiger partial charge in [0, 0.05) is 11.6 Å². The van der Waals surface area contributed by atoms with Gasteiger partial charge in [0.2, 0.25) is 0 Å². The third-order valence-corrected chi connectivity index (χ3v) is 2.73. The molecule has 5 heteroatoms. The number of benzene rings is 1. The van der Waals surface area contributed by atoms with Gasteiger partial charge in [-0.25, -0.2) is 4.79 Å². The van der Waals surface area contributed by atoms with Gasteiger partial charge in [0.05, 0.1) is 17.1 Å². The summed E-state index contributed by atoms with van der Waals surface area (Å²) in [5, 5.41) is 3.16. The molecule has 0 saturated heterocycles. The average Bonchev–Trinajstić information content (AvgIpc) is 2.46. The van der Waals surface area contributed by atoms with E-state index in [1.165, 1.54) is 12.1 Å². The van der Waals surface area contributed by atoms with Crippen molar-refractivity contribution in [1.82, 2.24) is 5.32 Å². The minimum absolute atomic E-state index is 0.170. The third-order valence-electron chi connectivity index (χ3n) is 2.40. The highest BCUT2D eigenvalue weighted by molar-refractivity contribution is 6.31. The molecule has 0 spiro atoms. The Balaban J connectivity index is 1.94. The number of carbonyl (C=O) groups excluding carboxylic acids is 1. The molecule has 1 N–H and O–H groups in total. The molecule has 4 nitrogen and oxygen atoms in total. The Morgan fingerprint density at radius 1 is 1.25 bits per heavy atom. The summed E-state index contributed by atoms with van der Waals surface area (Å²) in [5.41, 5.74) is 0.471. The highest BCUT2D eigenvalue weighted by Gasteiger charge is 2.04. The van der Waals surface area contributed by atoms with Crippen molar-refractivity contribution in [3.8, 4) is 11.8 Å². The number of rotatable bonds is 2. The maximum absolute atomic E-state index is 11.7. The van der Waals surface area contributed by atoms with Gasteiger partial charge >= 0.3 is 5.63 Å². The van der Waals surface area contributed by atoms with Crippen molar-refractivity contribution >= 4 is 17.5 Å². The summed E-state index contributed by atoms with van der Waals surface area (Å²) in [4.78, 5) is 22.4. The first-order valence-electron chi connectivity index (χ1n) is 5.77. The summed E-state index contributed by atoms with van der Waals surface area (Å²) >= 11 is 5.94. The second-order valence-corrected chi connectivity index (χ2v) is 4.21. The van der Waals surface area contributed by atoms with Crippen LogP contribution in [0.25, 0.3) is 0 Å². The maximum atomic E-state index is 11.7. The standard InChI is InChI=1S/C15H10ClNO3/c16-13-6-2-1-4-11(13)5-3-9-17-15(19)12-7-8-14(18)20-10-12/h1-2,4,6-8,10H,9H2,(H,17,19). The fourth-order valence-electron chi connectivity index (χ4n) is 1.42. The van der Waals surface area contributed by atoms with Crippen LogP contribution in [0.2, 0.25) is 5.02 Å². The molecule has 0 aliphatic rings. The Labute approximate surface area is 120 Å². The van der Waals surface area contributed by atoms with Crippen LogP contribution < -0.4 is 10.9 Å². The van der Waals surface area contributed by atoms with Crippen LogP contribution in [0.15, 0.2) is 51.9 Å². The Hall–Kier alpha value is -2.51. The second-order valence-electron chi connectivity index (χ2n) is 3.81. The molecule has 100 valence electrons. The van der Waals surface area contributed by atoms with Crippen LogP contribution in [0.5, 0.6) is 0 Å². The van der Waals surface area contributed by atoms with Gasteiger partial charge in [-0.15, -0.1) is 0 Å². The van der Waals surface area contributed by atoms with E-state index in [9.17, 15) is 9.59 Å². The average molecular weight is 288 g/mol. The first kappa shape index (κ1) is 13.9. The molecule has 0 unspecified atom stereocenters. The van der Waals surface area contributed by atoms with Crippen molar-refractivity contribution in [1.29, 1.82) is 0 Å². The number of hydrogen-bond donors (Lipinski definition) is 1. The van der Waals surface area contributed by atoms with Crippen molar-refractivity contribution in [2.45, 2.75) is 0 Å². The molecule has 0 aliphatic carbocycles.